The van der Waals surface area contributed by atoms with E-state index in [1.54, 1.807) is 7.11 Å². The standard InChI is InChI=1S/C11H22N2O2/c1-15-7-6-10(12)11(14)13-8-9-4-2-3-5-9/h9-10H,2-8,12H2,1H3,(H,13,14). The van der Waals surface area contributed by atoms with Gasteiger partial charge in [-0.2, -0.15) is 0 Å². The van der Waals surface area contributed by atoms with Crippen LogP contribution in [0.2, 0.25) is 0 Å². The first-order valence-corrected chi connectivity index (χ1v) is 5.76. The molecule has 4 heteroatoms. The second kappa shape index (κ2) is 6.80. The third-order valence-corrected chi connectivity index (χ3v) is 3.01. The Labute approximate surface area is 91.5 Å². The van der Waals surface area contributed by atoms with E-state index < -0.39 is 6.04 Å². The summed E-state index contributed by atoms with van der Waals surface area (Å²) in [6.45, 7) is 1.33. The van der Waals surface area contributed by atoms with Crippen LogP contribution in [0, 0.1) is 5.92 Å². The molecule has 0 aromatic carbocycles. The van der Waals surface area contributed by atoms with Crippen molar-refractivity contribution in [1.82, 2.24) is 5.32 Å². The van der Waals surface area contributed by atoms with Crippen LogP contribution in [0.25, 0.3) is 0 Å². The summed E-state index contributed by atoms with van der Waals surface area (Å²) in [5.41, 5.74) is 5.70. The fraction of sp³-hybridized carbons (Fsp3) is 0.909. The Bertz CT molecular complexity index is 191. The minimum atomic E-state index is -0.425. The molecule has 0 aromatic rings. The molecule has 1 amide bonds. The fourth-order valence-corrected chi connectivity index (χ4v) is 1.97. The molecule has 88 valence electrons. The summed E-state index contributed by atoms with van der Waals surface area (Å²) in [6.07, 6.45) is 5.68. The first-order valence-electron chi connectivity index (χ1n) is 5.76. The van der Waals surface area contributed by atoms with Crippen molar-refractivity contribution in [3.63, 3.8) is 0 Å². The fourth-order valence-electron chi connectivity index (χ4n) is 1.97. The van der Waals surface area contributed by atoms with Gasteiger partial charge in [-0.1, -0.05) is 12.8 Å². The number of rotatable bonds is 6. The molecule has 0 saturated heterocycles. The summed E-state index contributed by atoms with van der Waals surface area (Å²) in [4.78, 5) is 11.5. The molecule has 0 aromatic heterocycles. The lowest BCUT2D eigenvalue weighted by atomic mass is 10.1. The third kappa shape index (κ3) is 4.62. The Hall–Kier alpha value is -0.610. The number of nitrogens with two attached hydrogens (primary N) is 1. The van der Waals surface area contributed by atoms with Crippen LogP contribution in [-0.2, 0) is 9.53 Å². The van der Waals surface area contributed by atoms with Gasteiger partial charge >= 0.3 is 0 Å². The first-order chi connectivity index (χ1) is 7.24. The number of ether oxygens (including phenoxy) is 1. The molecule has 4 nitrogen and oxygen atoms in total. The predicted octanol–water partition coefficient (Wildman–Crippen LogP) is 0.657. The van der Waals surface area contributed by atoms with Crippen molar-refractivity contribution >= 4 is 5.91 Å². The maximum atomic E-state index is 11.5. The second-order valence-electron chi connectivity index (χ2n) is 4.28. The van der Waals surface area contributed by atoms with Gasteiger partial charge in [-0.15, -0.1) is 0 Å². The molecule has 3 N–H and O–H groups in total. The van der Waals surface area contributed by atoms with E-state index in [9.17, 15) is 4.79 Å². The maximum absolute atomic E-state index is 11.5. The highest BCUT2D eigenvalue weighted by Crippen LogP contribution is 2.23. The van der Waals surface area contributed by atoms with Crippen LogP contribution < -0.4 is 11.1 Å². The second-order valence-corrected chi connectivity index (χ2v) is 4.28. The molecule has 1 rings (SSSR count). The van der Waals surface area contributed by atoms with Crippen LogP contribution >= 0.6 is 0 Å². The number of carbonyl (C=O) groups is 1. The van der Waals surface area contributed by atoms with Gasteiger partial charge in [-0.3, -0.25) is 4.79 Å². The lowest BCUT2D eigenvalue weighted by Crippen LogP contribution is -2.42. The number of nitrogens with one attached hydrogen (secondary N) is 1. The van der Waals surface area contributed by atoms with Crippen LogP contribution in [0.1, 0.15) is 32.1 Å². The lowest BCUT2D eigenvalue weighted by molar-refractivity contribution is -0.122. The van der Waals surface area contributed by atoms with Gasteiger partial charge in [-0.25, -0.2) is 0 Å². The van der Waals surface area contributed by atoms with Gasteiger partial charge in [0, 0.05) is 20.3 Å². The number of methoxy groups -OCH3 is 1. The van der Waals surface area contributed by atoms with E-state index in [2.05, 4.69) is 5.32 Å². The summed E-state index contributed by atoms with van der Waals surface area (Å²) in [5, 5.41) is 2.91. The Balaban J connectivity index is 2.11. The van der Waals surface area contributed by atoms with Crippen molar-refractivity contribution in [2.24, 2.45) is 11.7 Å². The largest absolute Gasteiger partial charge is 0.385 e. The number of hydrogen-bond acceptors (Lipinski definition) is 3. The van der Waals surface area contributed by atoms with Gasteiger partial charge in [0.1, 0.15) is 0 Å². The van der Waals surface area contributed by atoms with Gasteiger partial charge in [0.05, 0.1) is 6.04 Å². The van der Waals surface area contributed by atoms with Crippen LogP contribution in [0.15, 0.2) is 0 Å². The van der Waals surface area contributed by atoms with Crippen LogP contribution in [0.5, 0.6) is 0 Å². The van der Waals surface area contributed by atoms with E-state index >= 15 is 0 Å². The number of carbonyl (C=O) groups excluding carboxylic acids is 1. The SMILES string of the molecule is COCCC(N)C(=O)NCC1CCCC1. The smallest absolute Gasteiger partial charge is 0.237 e. The quantitative estimate of drug-likeness (QED) is 0.682. The van der Waals surface area contributed by atoms with Gasteiger partial charge in [-0.05, 0) is 25.2 Å². The van der Waals surface area contributed by atoms with Crippen molar-refractivity contribution in [2.45, 2.75) is 38.1 Å². The molecule has 0 heterocycles. The van der Waals surface area contributed by atoms with Crippen molar-refractivity contribution < 1.29 is 9.53 Å². The van der Waals surface area contributed by atoms with Crippen LogP contribution in [0.4, 0.5) is 0 Å². The zero-order valence-electron chi connectivity index (χ0n) is 9.50. The Morgan fingerprint density at radius 2 is 2.20 bits per heavy atom. The molecule has 15 heavy (non-hydrogen) atoms. The highest BCUT2D eigenvalue weighted by atomic mass is 16.5. The van der Waals surface area contributed by atoms with Crippen molar-refractivity contribution in [3.8, 4) is 0 Å². The van der Waals surface area contributed by atoms with E-state index in [4.69, 9.17) is 10.5 Å². The van der Waals surface area contributed by atoms with Gasteiger partial charge in [0.25, 0.3) is 0 Å². The average molecular weight is 214 g/mol. The van der Waals surface area contributed by atoms with Gasteiger partial charge in [0.15, 0.2) is 0 Å². The zero-order chi connectivity index (χ0) is 11.1. The Morgan fingerprint density at radius 3 is 2.80 bits per heavy atom. The molecular weight excluding hydrogens is 192 g/mol. The molecule has 0 bridgehead atoms. The van der Waals surface area contributed by atoms with Crippen LogP contribution in [-0.4, -0.2) is 32.2 Å². The highest BCUT2D eigenvalue weighted by Gasteiger charge is 2.18. The van der Waals surface area contributed by atoms with Crippen molar-refractivity contribution in [1.29, 1.82) is 0 Å². The molecule has 0 aliphatic heterocycles. The van der Waals surface area contributed by atoms with E-state index in [0.29, 0.717) is 18.9 Å². The molecule has 1 unspecified atom stereocenters. The summed E-state index contributed by atoms with van der Waals surface area (Å²) in [5.74, 6) is 0.627. The molecule has 1 aliphatic carbocycles. The molecule has 0 spiro atoms. The zero-order valence-corrected chi connectivity index (χ0v) is 9.50. The molecule has 1 saturated carbocycles. The van der Waals surface area contributed by atoms with Crippen LogP contribution in [0.3, 0.4) is 0 Å². The van der Waals surface area contributed by atoms with E-state index in [-0.39, 0.29) is 5.91 Å². The Kier molecular flexibility index (Phi) is 5.65. The summed E-state index contributed by atoms with van der Waals surface area (Å²) >= 11 is 0. The predicted molar refractivity (Wildman–Crippen MR) is 59.4 cm³/mol. The average Bonchev–Trinajstić information content (AvgIpc) is 2.75. The lowest BCUT2D eigenvalue weighted by Gasteiger charge is -2.14. The summed E-state index contributed by atoms with van der Waals surface area (Å²) in [7, 11) is 1.61. The summed E-state index contributed by atoms with van der Waals surface area (Å²) in [6, 6.07) is -0.425. The number of amides is 1. The van der Waals surface area contributed by atoms with Gasteiger partial charge in [0.2, 0.25) is 5.91 Å². The molecule has 0 radical (unpaired) electrons. The monoisotopic (exact) mass is 214 g/mol. The van der Waals surface area contributed by atoms with E-state index in [1.165, 1.54) is 25.7 Å². The minimum absolute atomic E-state index is 0.0426. The number of hydrogen-bond donors (Lipinski definition) is 2. The van der Waals surface area contributed by atoms with Crippen molar-refractivity contribution in [2.75, 3.05) is 20.3 Å². The third-order valence-electron chi connectivity index (χ3n) is 3.01. The normalized spacial score (nSPS) is 19.1. The molecular formula is C11H22N2O2. The topological polar surface area (TPSA) is 64.3 Å². The first kappa shape index (κ1) is 12.5. The summed E-state index contributed by atoms with van der Waals surface area (Å²) < 4.78 is 4.88. The van der Waals surface area contributed by atoms with E-state index in [0.717, 1.165) is 6.54 Å². The molecule has 1 aliphatic rings. The van der Waals surface area contributed by atoms with Crippen molar-refractivity contribution in [3.05, 3.63) is 0 Å². The highest BCUT2D eigenvalue weighted by molar-refractivity contribution is 5.81. The minimum Gasteiger partial charge on any atom is -0.385 e. The van der Waals surface area contributed by atoms with E-state index in [1.807, 2.05) is 0 Å². The molecule has 1 atom stereocenters. The maximum Gasteiger partial charge on any atom is 0.237 e. The molecule has 1 fully saturated rings. The Morgan fingerprint density at radius 1 is 1.53 bits per heavy atom. The van der Waals surface area contributed by atoms with Gasteiger partial charge < -0.3 is 15.8 Å².